The van der Waals surface area contributed by atoms with Crippen LogP contribution in [0.15, 0.2) is 0 Å². The molecule has 0 aromatic rings. The molecule has 0 amide bonds. The highest BCUT2D eigenvalue weighted by Gasteiger charge is 2.52. The summed E-state index contributed by atoms with van der Waals surface area (Å²) in [6, 6.07) is 0. The van der Waals surface area contributed by atoms with Crippen molar-refractivity contribution in [1.82, 2.24) is 5.32 Å². The molecule has 2 unspecified atom stereocenters. The van der Waals surface area contributed by atoms with Crippen molar-refractivity contribution >= 4 is 0 Å². The van der Waals surface area contributed by atoms with Gasteiger partial charge in [-0.3, -0.25) is 0 Å². The molecule has 16 heavy (non-hydrogen) atoms. The van der Waals surface area contributed by atoms with Crippen LogP contribution in [0.3, 0.4) is 0 Å². The normalized spacial score (nSPS) is 36.4. The topological polar surface area (TPSA) is 30.5 Å². The molecule has 3 heteroatoms. The smallest absolute Gasteiger partial charge is 0.0587 e. The van der Waals surface area contributed by atoms with Crippen LogP contribution in [0.2, 0.25) is 0 Å². The maximum absolute atomic E-state index is 5.25. The van der Waals surface area contributed by atoms with E-state index in [1.165, 1.54) is 25.7 Å². The first kappa shape index (κ1) is 12.3. The van der Waals surface area contributed by atoms with E-state index in [-0.39, 0.29) is 0 Å². The lowest BCUT2D eigenvalue weighted by molar-refractivity contribution is 0.123. The van der Waals surface area contributed by atoms with E-state index in [2.05, 4.69) is 5.32 Å². The third-order valence-electron chi connectivity index (χ3n) is 4.28. The number of ether oxygens (including phenoxy) is 2. The molecule has 2 aliphatic carbocycles. The molecule has 0 aromatic heterocycles. The average Bonchev–Trinajstić information content (AvgIpc) is 2.91. The van der Waals surface area contributed by atoms with Crippen LogP contribution in [0.1, 0.15) is 25.7 Å². The van der Waals surface area contributed by atoms with E-state index in [1.807, 2.05) is 7.11 Å². The SMILES string of the molecule is COCCNCC1(CCOC)CC2CC2C1. The molecule has 0 aromatic carbocycles. The lowest BCUT2D eigenvalue weighted by Gasteiger charge is -2.31. The second-order valence-electron chi connectivity index (χ2n) is 5.58. The molecule has 0 spiro atoms. The summed E-state index contributed by atoms with van der Waals surface area (Å²) in [7, 11) is 3.56. The lowest BCUT2D eigenvalue weighted by Crippen LogP contribution is -2.35. The minimum absolute atomic E-state index is 0.525. The number of rotatable bonds is 8. The van der Waals surface area contributed by atoms with E-state index in [9.17, 15) is 0 Å². The number of fused-ring (bicyclic) bond motifs is 1. The Morgan fingerprint density at radius 2 is 1.81 bits per heavy atom. The number of hydrogen-bond donors (Lipinski definition) is 1. The van der Waals surface area contributed by atoms with Crippen LogP contribution in [0.4, 0.5) is 0 Å². The Kier molecular flexibility index (Phi) is 4.22. The summed E-state index contributed by atoms with van der Waals surface area (Å²) < 4.78 is 10.3. The van der Waals surface area contributed by atoms with Gasteiger partial charge in [0.1, 0.15) is 0 Å². The molecule has 0 heterocycles. The van der Waals surface area contributed by atoms with Gasteiger partial charge in [0.25, 0.3) is 0 Å². The van der Waals surface area contributed by atoms with Gasteiger partial charge in [0, 0.05) is 33.9 Å². The molecule has 3 nitrogen and oxygen atoms in total. The molecule has 2 aliphatic rings. The van der Waals surface area contributed by atoms with Crippen molar-refractivity contribution < 1.29 is 9.47 Å². The largest absolute Gasteiger partial charge is 0.385 e. The van der Waals surface area contributed by atoms with Gasteiger partial charge in [-0.05, 0) is 42.9 Å². The summed E-state index contributed by atoms with van der Waals surface area (Å²) in [5.74, 6) is 2.09. The number of methoxy groups -OCH3 is 2. The standard InChI is InChI=1S/C13H25NO2/c1-15-5-3-13(10-14-4-6-16-2)8-11-7-12(11)9-13/h11-12,14H,3-10H2,1-2H3. The molecular weight excluding hydrogens is 202 g/mol. The van der Waals surface area contributed by atoms with E-state index in [4.69, 9.17) is 9.47 Å². The summed E-state index contributed by atoms with van der Waals surface area (Å²) in [5, 5.41) is 3.54. The average molecular weight is 227 g/mol. The molecule has 0 aliphatic heterocycles. The first-order chi connectivity index (χ1) is 7.79. The van der Waals surface area contributed by atoms with Crippen LogP contribution in [-0.4, -0.2) is 40.5 Å². The highest BCUT2D eigenvalue weighted by molar-refractivity contribution is 5.04. The zero-order valence-electron chi connectivity index (χ0n) is 10.6. The minimum atomic E-state index is 0.525. The van der Waals surface area contributed by atoms with Crippen molar-refractivity contribution in [3.8, 4) is 0 Å². The molecule has 0 radical (unpaired) electrons. The molecule has 2 saturated carbocycles. The van der Waals surface area contributed by atoms with Gasteiger partial charge in [0.15, 0.2) is 0 Å². The van der Waals surface area contributed by atoms with Crippen LogP contribution in [0.5, 0.6) is 0 Å². The monoisotopic (exact) mass is 227 g/mol. The van der Waals surface area contributed by atoms with Gasteiger partial charge in [-0.25, -0.2) is 0 Å². The van der Waals surface area contributed by atoms with Crippen molar-refractivity contribution in [2.75, 3.05) is 40.5 Å². The molecule has 2 rings (SSSR count). The summed E-state index contributed by atoms with van der Waals surface area (Å²) in [4.78, 5) is 0. The van der Waals surface area contributed by atoms with E-state index in [0.717, 1.165) is 38.1 Å². The van der Waals surface area contributed by atoms with Gasteiger partial charge < -0.3 is 14.8 Å². The predicted molar refractivity (Wildman–Crippen MR) is 64.5 cm³/mol. The van der Waals surface area contributed by atoms with Gasteiger partial charge in [-0.15, -0.1) is 0 Å². The van der Waals surface area contributed by atoms with Crippen molar-refractivity contribution in [2.45, 2.75) is 25.7 Å². The molecule has 0 saturated heterocycles. The highest BCUT2D eigenvalue weighted by atomic mass is 16.5. The number of nitrogens with one attached hydrogen (secondary N) is 1. The predicted octanol–water partition coefficient (Wildman–Crippen LogP) is 1.68. The first-order valence-electron chi connectivity index (χ1n) is 6.48. The van der Waals surface area contributed by atoms with Crippen LogP contribution >= 0.6 is 0 Å². The van der Waals surface area contributed by atoms with Gasteiger partial charge >= 0.3 is 0 Å². The fourth-order valence-corrected chi connectivity index (χ4v) is 3.29. The molecule has 1 N–H and O–H groups in total. The third kappa shape index (κ3) is 2.96. The summed E-state index contributed by atoms with van der Waals surface area (Å²) in [5.41, 5.74) is 0.525. The Hall–Kier alpha value is -0.120. The van der Waals surface area contributed by atoms with Crippen molar-refractivity contribution in [3.05, 3.63) is 0 Å². The zero-order chi connectivity index (χ0) is 11.4. The minimum Gasteiger partial charge on any atom is -0.385 e. The van der Waals surface area contributed by atoms with E-state index < -0.39 is 0 Å². The highest BCUT2D eigenvalue weighted by Crippen LogP contribution is 2.60. The van der Waals surface area contributed by atoms with Crippen molar-refractivity contribution in [2.24, 2.45) is 17.3 Å². The van der Waals surface area contributed by atoms with Crippen LogP contribution in [0, 0.1) is 17.3 Å². The Bertz CT molecular complexity index is 210. The fourth-order valence-electron chi connectivity index (χ4n) is 3.29. The third-order valence-corrected chi connectivity index (χ3v) is 4.28. The maximum atomic E-state index is 5.25. The Labute approximate surface area is 98.9 Å². The Morgan fingerprint density at radius 1 is 1.12 bits per heavy atom. The maximum Gasteiger partial charge on any atom is 0.0587 e. The fraction of sp³-hybridized carbons (Fsp3) is 1.00. The second-order valence-corrected chi connectivity index (χ2v) is 5.58. The second kappa shape index (κ2) is 5.48. The van der Waals surface area contributed by atoms with Crippen LogP contribution in [-0.2, 0) is 9.47 Å². The van der Waals surface area contributed by atoms with Gasteiger partial charge in [-0.2, -0.15) is 0 Å². The lowest BCUT2D eigenvalue weighted by atomic mass is 9.80. The quantitative estimate of drug-likeness (QED) is 0.640. The number of hydrogen-bond acceptors (Lipinski definition) is 3. The Balaban J connectivity index is 1.74. The van der Waals surface area contributed by atoms with Gasteiger partial charge in [0.05, 0.1) is 6.61 Å². The molecule has 2 atom stereocenters. The summed E-state index contributed by atoms with van der Waals surface area (Å²) >= 11 is 0. The first-order valence-corrected chi connectivity index (χ1v) is 6.48. The molecule has 0 bridgehead atoms. The van der Waals surface area contributed by atoms with Crippen molar-refractivity contribution in [3.63, 3.8) is 0 Å². The molecule has 2 fully saturated rings. The molecule has 94 valence electrons. The van der Waals surface area contributed by atoms with E-state index in [0.29, 0.717) is 5.41 Å². The molecular formula is C13H25NO2. The summed E-state index contributed by atoms with van der Waals surface area (Å²) in [6.07, 6.45) is 5.55. The van der Waals surface area contributed by atoms with E-state index in [1.54, 1.807) is 7.11 Å². The van der Waals surface area contributed by atoms with Gasteiger partial charge in [0.2, 0.25) is 0 Å². The Morgan fingerprint density at radius 3 is 2.44 bits per heavy atom. The van der Waals surface area contributed by atoms with Gasteiger partial charge in [-0.1, -0.05) is 0 Å². The van der Waals surface area contributed by atoms with Crippen molar-refractivity contribution in [1.29, 1.82) is 0 Å². The zero-order valence-corrected chi connectivity index (χ0v) is 10.6. The van der Waals surface area contributed by atoms with Crippen LogP contribution < -0.4 is 5.32 Å². The summed E-state index contributed by atoms with van der Waals surface area (Å²) in [6.45, 7) is 3.84. The van der Waals surface area contributed by atoms with E-state index >= 15 is 0 Å². The van der Waals surface area contributed by atoms with Crippen LogP contribution in [0.25, 0.3) is 0 Å².